The van der Waals surface area contributed by atoms with E-state index in [1.165, 1.54) is 0 Å². The molecule has 2 heterocycles. The number of benzene rings is 1. The Bertz CT molecular complexity index is 704. The molecule has 0 fully saturated rings. The maximum absolute atomic E-state index is 10.6. The third-order valence-corrected chi connectivity index (χ3v) is 3.22. The second-order valence-corrected chi connectivity index (χ2v) is 4.31. The zero-order chi connectivity index (χ0) is 11.8. The minimum Gasteiger partial charge on any atom is -0.453 e. The van der Waals surface area contributed by atoms with Gasteiger partial charge >= 0.3 is 0 Å². The van der Waals surface area contributed by atoms with Gasteiger partial charge in [-0.05, 0) is 24.3 Å². The van der Waals surface area contributed by atoms with Gasteiger partial charge in [-0.15, -0.1) is 0 Å². The highest BCUT2D eigenvalue weighted by Gasteiger charge is 2.15. The van der Waals surface area contributed by atoms with Crippen molar-refractivity contribution in [1.82, 2.24) is 8.75 Å². The van der Waals surface area contributed by atoms with E-state index in [2.05, 4.69) is 8.75 Å². The molecule has 2 aromatic heterocycles. The van der Waals surface area contributed by atoms with Gasteiger partial charge in [0.05, 0.1) is 22.3 Å². The molecule has 4 nitrogen and oxygen atoms in total. The standard InChI is InChI=1S/C11H5ClN2O2S/c12-7-2-3-8-11(14-17-13-8)10(7)9-4-1-6(5-15)16-9/h1-5H. The highest BCUT2D eigenvalue weighted by Crippen LogP contribution is 2.34. The first-order chi connectivity index (χ1) is 8.29. The van der Waals surface area contributed by atoms with E-state index in [9.17, 15) is 4.79 Å². The Morgan fingerprint density at radius 1 is 1.24 bits per heavy atom. The van der Waals surface area contributed by atoms with Crippen LogP contribution in [-0.2, 0) is 0 Å². The lowest BCUT2D eigenvalue weighted by molar-refractivity contribution is 0.110. The number of hydrogen-bond acceptors (Lipinski definition) is 5. The number of hydrogen-bond donors (Lipinski definition) is 0. The first kappa shape index (κ1) is 10.4. The summed E-state index contributed by atoms with van der Waals surface area (Å²) in [7, 11) is 0. The van der Waals surface area contributed by atoms with E-state index in [1.807, 2.05) is 0 Å². The first-order valence-electron chi connectivity index (χ1n) is 4.76. The monoisotopic (exact) mass is 264 g/mol. The third kappa shape index (κ3) is 1.64. The van der Waals surface area contributed by atoms with Crippen LogP contribution in [0.2, 0.25) is 5.02 Å². The Kier molecular flexibility index (Phi) is 2.42. The molecule has 0 spiro atoms. The van der Waals surface area contributed by atoms with Crippen molar-refractivity contribution < 1.29 is 9.21 Å². The van der Waals surface area contributed by atoms with Crippen LogP contribution in [0.3, 0.4) is 0 Å². The summed E-state index contributed by atoms with van der Waals surface area (Å²) in [6.07, 6.45) is 0.650. The van der Waals surface area contributed by atoms with E-state index in [-0.39, 0.29) is 5.76 Å². The summed E-state index contributed by atoms with van der Waals surface area (Å²) in [5.74, 6) is 0.784. The van der Waals surface area contributed by atoms with E-state index in [4.69, 9.17) is 16.0 Å². The number of carbonyl (C=O) groups excluding carboxylic acids is 1. The summed E-state index contributed by atoms with van der Waals surface area (Å²) in [4.78, 5) is 10.6. The molecular weight excluding hydrogens is 260 g/mol. The summed E-state index contributed by atoms with van der Waals surface area (Å²) in [5.41, 5.74) is 2.12. The van der Waals surface area contributed by atoms with Gasteiger partial charge in [0.15, 0.2) is 12.0 Å². The van der Waals surface area contributed by atoms with Crippen LogP contribution in [-0.4, -0.2) is 15.0 Å². The van der Waals surface area contributed by atoms with Gasteiger partial charge < -0.3 is 4.42 Å². The molecule has 3 aromatic rings. The Labute approximate surface area is 105 Å². The number of furan rings is 1. The lowest BCUT2D eigenvalue weighted by Crippen LogP contribution is -1.80. The van der Waals surface area contributed by atoms with Crippen LogP contribution in [0.15, 0.2) is 28.7 Å². The van der Waals surface area contributed by atoms with Gasteiger partial charge in [0.1, 0.15) is 16.8 Å². The molecule has 0 bridgehead atoms. The Morgan fingerprint density at radius 3 is 2.88 bits per heavy atom. The van der Waals surface area contributed by atoms with Crippen molar-refractivity contribution in [1.29, 1.82) is 0 Å². The predicted octanol–water partition coefficient (Wildman–Crippen LogP) is 3.42. The molecule has 1 aromatic carbocycles. The average Bonchev–Trinajstić information content (AvgIpc) is 2.96. The molecule has 0 amide bonds. The van der Waals surface area contributed by atoms with Crippen LogP contribution in [0.25, 0.3) is 22.4 Å². The predicted molar refractivity (Wildman–Crippen MR) is 65.5 cm³/mol. The molecule has 0 aliphatic rings. The Morgan fingerprint density at radius 2 is 2.12 bits per heavy atom. The molecule has 17 heavy (non-hydrogen) atoms. The van der Waals surface area contributed by atoms with Gasteiger partial charge in [-0.3, -0.25) is 4.79 Å². The van der Waals surface area contributed by atoms with Crippen LogP contribution in [0, 0.1) is 0 Å². The molecule has 0 saturated carbocycles. The van der Waals surface area contributed by atoms with Gasteiger partial charge in [0, 0.05) is 0 Å². The fourth-order valence-electron chi connectivity index (χ4n) is 1.61. The number of rotatable bonds is 2. The molecule has 0 unspecified atom stereocenters. The molecule has 0 atom stereocenters. The molecular formula is C11H5ClN2O2S. The van der Waals surface area contributed by atoms with Gasteiger partial charge in [0.25, 0.3) is 0 Å². The second kappa shape index (κ2) is 3.94. The smallest absolute Gasteiger partial charge is 0.185 e. The Hall–Kier alpha value is -1.72. The summed E-state index contributed by atoms with van der Waals surface area (Å²) < 4.78 is 13.7. The quantitative estimate of drug-likeness (QED) is 0.666. The van der Waals surface area contributed by atoms with Gasteiger partial charge in [-0.25, -0.2) is 0 Å². The zero-order valence-electron chi connectivity index (χ0n) is 8.38. The summed E-state index contributed by atoms with van der Waals surface area (Å²) >= 11 is 7.25. The molecule has 84 valence electrons. The van der Waals surface area contributed by atoms with E-state index >= 15 is 0 Å². The van der Waals surface area contributed by atoms with Gasteiger partial charge in [-0.2, -0.15) is 8.75 Å². The number of nitrogens with zero attached hydrogens (tertiary/aromatic N) is 2. The minimum atomic E-state index is 0.260. The van der Waals surface area contributed by atoms with Crippen LogP contribution >= 0.6 is 23.3 Å². The number of aromatic nitrogens is 2. The fourth-order valence-corrected chi connectivity index (χ4v) is 2.40. The van der Waals surface area contributed by atoms with Crippen LogP contribution in [0.4, 0.5) is 0 Å². The van der Waals surface area contributed by atoms with Crippen molar-refractivity contribution in [3.63, 3.8) is 0 Å². The molecule has 6 heteroatoms. The van der Waals surface area contributed by atoms with E-state index in [0.29, 0.717) is 28.1 Å². The average molecular weight is 265 g/mol. The van der Waals surface area contributed by atoms with Gasteiger partial charge in [0.2, 0.25) is 0 Å². The van der Waals surface area contributed by atoms with E-state index < -0.39 is 0 Å². The molecule has 3 rings (SSSR count). The molecule has 0 saturated heterocycles. The summed E-state index contributed by atoms with van der Waals surface area (Å²) in [6, 6.07) is 6.83. The van der Waals surface area contributed by atoms with Gasteiger partial charge in [-0.1, -0.05) is 11.6 Å². The molecule has 0 N–H and O–H groups in total. The lowest BCUT2D eigenvalue weighted by Gasteiger charge is -2.00. The van der Waals surface area contributed by atoms with Crippen molar-refractivity contribution in [2.24, 2.45) is 0 Å². The largest absolute Gasteiger partial charge is 0.453 e. The van der Waals surface area contributed by atoms with Crippen molar-refractivity contribution in [2.45, 2.75) is 0 Å². The number of carbonyl (C=O) groups is 1. The highest BCUT2D eigenvalue weighted by molar-refractivity contribution is 7.00. The molecule has 0 aliphatic carbocycles. The second-order valence-electron chi connectivity index (χ2n) is 3.37. The first-order valence-corrected chi connectivity index (χ1v) is 5.86. The van der Waals surface area contributed by atoms with Crippen molar-refractivity contribution in [3.05, 3.63) is 35.0 Å². The summed E-state index contributed by atoms with van der Waals surface area (Å²) in [5, 5.41) is 0.525. The number of halogens is 1. The Balaban J connectivity index is 2.31. The van der Waals surface area contributed by atoms with Crippen LogP contribution < -0.4 is 0 Å². The maximum atomic E-state index is 10.6. The highest BCUT2D eigenvalue weighted by atomic mass is 35.5. The third-order valence-electron chi connectivity index (χ3n) is 2.37. The van der Waals surface area contributed by atoms with Crippen molar-refractivity contribution in [2.75, 3.05) is 0 Å². The molecule has 0 radical (unpaired) electrons. The number of aldehydes is 1. The van der Waals surface area contributed by atoms with Crippen LogP contribution in [0.1, 0.15) is 10.6 Å². The molecule has 0 aliphatic heterocycles. The SMILES string of the molecule is O=Cc1ccc(-c2c(Cl)ccc3nsnc23)o1. The lowest BCUT2D eigenvalue weighted by atomic mass is 10.1. The minimum absolute atomic E-state index is 0.260. The maximum Gasteiger partial charge on any atom is 0.185 e. The van der Waals surface area contributed by atoms with Crippen molar-refractivity contribution in [3.8, 4) is 11.3 Å². The van der Waals surface area contributed by atoms with E-state index in [1.54, 1.807) is 24.3 Å². The topological polar surface area (TPSA) is 56.0 Å². The summed E-state index contributed by atoms with van der Waals surface area (Å²) in [6.45, 7) is 0. The number of fused-ring (bicyclic) bond motifs is 1. The van der Waals surface area contributed by atoms with E-state index in [0.717, 1.165) is 17.2 Å². The normalized spacial score (nSPS) is 10.9. The zero-order valence-corrected chi connectivity index (χ0v) is 9.96. The van der Waals surface area contributed by atoms with Crippen LogP contribution in [0.5, 0.6) is 0 Å². The van der Waals surface area contributed by atoms with Crippen molar-refractivity contribution >= 4 is 40.6 Å². The fraction of sp³-hybridized carbons (Fsp3) is 0.